The van der Waals surface area contributed by atoms with Gasteiger partial charge in [0.2, 0.25) is 5.82 Å². The third-order valence-electron chi connectivity index (χ3n) is 4.76. The summed E-state index contributed by atoms with van der Waals surface area (Å²) in [5.41, 5.74) is 5.96. The summed E-state index contributed by atoms with van der Waals surface area (Å²) in [4.78, 5) is 26.8. The van der Waals surface area contributed by atoms with E-state index in [0.29, 0.717) is 12.8 Å². The maximum Gasteiger partial charge on any atom is 0.308 e. The minimum atomic E-state index is -1.10. The molecule has 1 saturated carbocycles. The van der Waals surface area contributed by atoms with Gasteiger partial charge in [-0.1, -0.05) is 19.9 Å². The summed E-state index contributed by atoms with van der Waals surface area (Å²) in [6.45, 7) is 3.52. The molecular formula is C16H22N4O5. The van der Waals surface area contributed by atoms with E-state index >= 15 is 0 Å². The van der Waals surface area contributed by atoms with Gasteiger partial charge in [-0.05, 0) is 12.0 Å². The largest absolute Gasteiger partial charge is 0.462 e. The van der Waals surface area contributed by atoms with E-state index in [0.717, 1.165) is 5.57 Å². The maximum atomic E-state index is 11.8. The number of carbonyl (C=O) groups excluding carboxylic acids is 2. The Morgan fingerprint density at radius 2 is 2.08 bits per heavy atom. The van der Waals surface area contributed by atoms with Crippen LogP contribution in [-0.4, -0.2) is 55.2 Å². The molecule has 1 aromatic rings. The van der Waals surface area contributed by atoms with Crippen molar-refractivity contribution in [2.45, 2.75) is 51.0 Å². The molecule has 0 bridgehead atoms. The standard InChI is InChI=1S/C16H22N4O5/c1-7(2)16(24)25-8-3-4-9-10(5-8)12(21)13(22)11(9)20-6-18-15(19-20)14(17)23/h4,6-8,10-13,21-22H,3,5H2,1-2H3,(H2,17,23). The zero-order chi connectivity index (χ0) is 18.3. The van der Waals surface area contributed by atoms with Crippen LogP contribution in [-0.2, 0) is 9.53 Å². The zero-order valence-corrected chi connectivity index (χ0v) is 14.1. The molecule has 1 fully saturated rings. The van der Waals surface area contributed by atoms with Crippen LogP contribution in [0.2, 0.25) is 0 Å². The molecule has 1 heterocycles. The van der Waals surface area contributed by atoms with Gasteiger partial charge < -0.3 is 20.7 Å². The first kappa shape index (κ1) is 17.6. The van der Waals surface area contributed by atoms with E-state index < -0.39 is 24.2 Å². The summed E-state index contributed by atoms with van der Waals surface area (Å²) < 4.78 is 6.80. The van der Waals surface area contributed by atoms with Gasteiger partial charge in [0, 0.05) is 12.3 Å². The third kappa shape index (κ3) is 3.16. The lowest BCUT2D eigenvalue weighted by atomic mass is 9.86. The second-order valence-corrected chi connectivity index (χ2v) is 6.83. The number of amides is 1. The third-order valence-corrected chi connectivity index (χ3v) is 4.76. The molecule has 5 atom stereocenters. The van der Waals surface area contributed by atoms with Crippen LogP contribution >= 0.6 is 0 Å². The lowest BCUT2D eigenvalue weighted by molar-refractivity contribution is -0.154. The second-order valence-electron chi connectivity index (χ2n) is 6.83. The highest BCUT2D eigenvalue weighted by molar-refractivity contribution is 5.88. The highest BCUT2D eigenvalue weighted by atomic mass is 16.5. The first-order valence-electron chi connectivity index (χ1n) is 8.27. The van der Waals surface area contributed by atoms with E-state index in [-0.39, 0.29) is 29.7 Å². The normalized spacial score (nSPS) is 31.6. The van der Waals surface area contributed by atoms with Crippen LogP contribution in [0, 0.1) is 11.8 Å². The summed E-state index contributed by atoms with van der Waals surface area (Å²) in [6.07, 6.45) is 1.66. The molecule has 0 spiro atoms. The van der Waals surface area contributed by atoms with Crippen molar-refractivity contribution in [1.82, 2.24) is 14.8 Å². The number of nitrogens with two attached hydrogens (primary N) is 1. The Morgan fingerprint density at radius 1 is 1.36 bits per heavy atom. The Hall–Kier alpha value is -2.26. The SMILES string of the molecule is CC(C)C(=O)OC1CC=C2C(C1)C(O)C(O)C2n1cnc(C(N)=O)n1. The van der Waals surface area contributed by atoms with Crippen molar-refractivity contribution in [2.24, 2.45) is 17.6 Å². The number of aliphatic hydroxyl groups is 2. The van der Waals surface area contributed by atoms with Gasteiger partial charge in [0.25, 0.3) is 5.91 Å². The highest BCUT2D eigenvalue weighted by Gasteiger charge is 2.49. The van der Waals surface area contributed by atoms with E-state index in [1.807, 2.05) is 6.08 Å². The molecule has 9 heteroatoms. The Bertz CT molecular complexity index is 713. The average molecular weight is 350 g/mol. The van der Waals surface area contributed by atoms with E-state index in [1.54, 1.807) is 13.8 Å². The van der Waals surface area contributed by atoms with Crippen molar-refractivity contribution < 1.29 is 24.5 Å². The fourth-order valence-corrected chi connectivity index (χ4v) is 3.46. The van der Waals surface area contributed by atoms with E-state index in [9.17, 15) is 19.8 Å². The molecule has 3 rings (SSSR count). The van der Waals surface area contributed by atoms with Gasteiger partial charge in [-0.2, -0.15) is 0 Å². The smallest absolute Gasteiger partial charge is 0.308 e. The molecule has 0 radical (unpaired) electrons. The number of rotatable bonds is 4. The number of aliphatic hydroxyl groups excluding tert-OH is 2. The lowest BCUT2D eigenvalue weighted by Gasteiger charge is -2.28. The van der Waals surface area contributed by atoms with Crippen LogP contribution in [0.4, 0.5) is 0 Å². The Morgan fingerprint density at radius 3 is 2.68 bits per heavy atom. The quantitative estimate of drug-likeness (QED) is 0.494. The molecule has 2 aliphatic rings. The number of ether oxygens (including phenoxy) is 1. The molecule has 1 aromatic heterocycles. The zero-order valence-electron chi connectivity index (χ0n) is 14.1. The van der Waals surface area contributed by atoms with Crippen LogP contribution in [0.1, 0.15) is 43.3 Å². The van der Waals surface area contributed by atoms with Crippen LogP contribution in [0.15, 0.2) is 18.0 Å². The maximum absolute atomic E-state index is 11.8. The van der Waals surface area contributed by atoms with Gasteiger partial charge in [0.1, 0.15) is 24.6 Å². The van der Waals surface area contributed by atoms with Crippen molar-refractivity contribution in [3.8, 4) is 0 Å². The van der Waals surface area contributed by atoms with Gasteiger partial charge in [-0.25, -0.2) is 9.67 Å². The van der Waals surface area contributed by atoms with E-state index in [2.05, 4.69) is 10.1 Å². The van der Waals surface area contributed by atoms with Crippen molar-refractivity contribution in [3.63, 3.8) is 0 Å². The van der Waals surface area contributed by atoms with Crippen molar-refractivity contribution in [3.05, 3.63) is 23.8 Å². The number of nitrogens with zero attached hydrogens (tertiary/aromatic N) is 3. The minimum absolute atomic E-state index is 0.148. The number of fused-ring (bicyclic) bond motifs is 1. The van der Waals surface area contributed by atoms with E-state index in [1.165, 1.54) is 11.0 Å². The molecule has 9 nitrogen and oxygen atoms in total. The van der Waals surface area contributed by atoms with Gasteiger partial charge in [-0.3, -0.25) is 9.59 Å². The number of carbonyl (C=O) groups is 2. The lowest BCUT2D eigenvalue weighted by Crippen LogP contribution is -2.32. The Labute approximate surface area is 144 Å². The molecular weight excluding hydrogens is 328 g/mol. The summed E-state index contributed by atoms with van der Waals surface area (Å²) in [6, 6.07) is -0.623. The number of aromatic nitrogens is 3. The molecule has 4 N–H and O–H groups in total. The van der Waals surface area contributed by atoms with Gasteiger partial charge in [0.05, 0.1) is 12.0 Å². The average Bonchev–Trinajstić information content (AvgIpc) is 3.12. The molecule has 1 amide bonds. The van der Waals surface area contributed by atoms with Crippen LogP contribution in [0.5, 0.6) is 0 Å². The Balaban J connectivity index is 1.82. The fourth-order valence-electron chi connectivity index (χ4n) is 3.46. The first-order valence-corrected chi connectivity index (χ1v) is 8.27. The summed E-state index contributed by atoms with van der Waals surface area (Å²) >= 11 is 0. The topological polar surface area (TPSA) is 141 Å². The Kier molecular flexibility index (Phi) is 4.61. The summed E-state index contributed by atoms with van der Waals surface area (Å²) in [5, 5.41) is 24.9. The summed E-state index contributed by atoms with van der Waals surface area (Å²) in [5.74, 6) is -1.76. The van der Waals surface area contributed by atoms with Crippen LogP contribution in [0.25, 0.3) is 0 Å². The molecule has 0 saturated heterocycles. The van der Waals surface area contributed by atoms with Gasteiger partial charge >= 0.3 is 5.97 Å². The van der Waals surface area contributed by atoms with Gasteiger partial charge in [0.15, 0.2) is 0 Å². The molecule has 0 aromatic carbocycles. The predicted octanol–water partition coefficient (Wildman–Crippen LogP) is -0.442. The van der Waals surface area contributed by atoms with Gasteiger partial charge in [-0.15, -0.1) is 5.10 Å². The predicted molar refractivity (Wildman–Crippen MR) is 85.1 cm³/mol. The molecule has 5 unspecified atom stereocenters. The molecule has 0 aliphatic heterocycles. The van der Waals surface area contributed by atoms with Crippen molar-refractivity contribution in [1.29, 1.82) is 0 Å². The fraction of sp³-hybridized carbons (Fsp3) is 0.625. The number of hydrogen-bond acceptors (Lipinski definition) is 7. The molecule has 2 aliphatic carbocycles. The number of hydrogen-bond donors (Lipinski definition) is 3. The number of primary amides is 1. The van der Waals surface area contributed by atoms with Crippen LogP contribution < -0.4 is 5.73 Å². The van der Waals surface area contributed by atoms with Crippen molar-refractivity contribution in [2.75, 3.05) is 0 Å². The monoisotopic (exact) mass is 350 g/mol. The summed E-state index contributed by atoms with van der Waals surface area (Å²) in [7, 11) is 0. The first-order chi connectivity index (χ1) is 11.8. The van der Waals surface area contributed by atoms with Crippen LogP contribution in [0.3, 0.4) is 0 Å². The molecule has 25 heavy (non-hydrogen) atoms. The van der Waals surface area contributed by atoms with Crippen molar-refractivity contribution >= 4 is 11.9 Å². The minimum Gasteiger partial charge on any atom is -0.462 e. The molecule has 136 valence electrons. The van der Waals surface area contributed by atoms with E-state index in [4.69, 9.17) is 10.5 Å². The number of esters is 1. The highest BCUT2D eigenvalue weighted by Crippen LogP contribution is 2.45. The second kappa shape index (κ2) is 6.57.